The number of hydrogen-bond acceptors (Lipinski definition) is 8. The zero-order chi connectivity index (χ0) is 26.9. The Balaban J connectivity index is 1.47. The molecule has 2 fully saturated rings. The van der Waals surface area contributed by atoms with E-state index in [4.69, 9.17) is 9.72 Å². The fourth-order valence-corrected chi connectivity index (χ4v) is 5.31. The summed E-state index contributed by atoms with van der Waals surface area (Å²) in [7, 11) is 3.99. The molecule has 0 aliphatic carbocycles. The van der Waals surface area contributed by atoms with Crippen molar-refractivity contribution in [2.45, 2.75) is 32.7 Å². The number of nitrogens with zero attached hydrogens (tertiary/aromatic N) is 7. The van der Waals surface area contributed by atoms with Crippen LogP contribution in [-0.4, -0.2) is 102 Å². The molecule has 0 saturated carbocycles. The van der Waals surface area contributed by atoms with E-state index in [9.17, 15) is 4.79 Å². The molecule has 0 bridgehead atoms. The van der Waals surface area contributed by atoms with Crippen molar-refractivity contribution in [1.82, 2.24) is 29.5 Å². The van der Waals surface area contributed by atoms with Crippen LogP contribution in [0.2, 0.25) is 0 Å². The molecule has 2 saturated heterocycles. The molecule has 0 atom stereocenters. The van der Waals surface area contributed by atoms with Crippen LogP contribution in [0, 0.1) is 0 Å². The van der Waals surface area contributed by atoms with Gasteiger partial charge in [-0.2, -0.15) is 5.10 Å². The van der Waals surface area contributed by atoms with Crippen molar-refractivity contribution in [2.24, 2.45) is 7.05 Å². The first-order chi connectivity index (χ1) is 18.2. The van der Waals surface area contributed by atoms with Gasteiger partial charge in [0.05, 0.1) is 18.9 Å². The van der Waals surface area contributed by atoms with Crippen LogP contribution in [0.4, 0.5) is 11.6 Å². The Kier molecular flexibility index (Phi) is 7.74. The van der Waals surface area contributed by atoms with Gasteiger partial charge < -0.3 is 19.4 Å². The highest BCUT2D eigenvalue weighted by Gasteiger charge is 2.26. The monoisotopic (exact) mass is 522 g/mol. The van der Waals surface area contributed by atoms with Crippen molar-refractivity contribution >= 4 is 22.7 Å². The molecule has 1 N–H and O–H groups in total. The maximum Gasteiger partial charge on any atom is 0.278 e. The Bertz CT molecular complexity index is 1300. The van der Waals surface area contributed by atoms with Crippen LogP contribution in [0.15, 0.2) is 29.1 Å². The van der Waals surface area contributed by atoms with E-state index >= 15 is 0 Å². The maximum atomic E-state index is 13.3. The number of piperazine rings is 1. The number of aromatic nitrogens is 4. The second-order valence-electron chi connectivity index (χ2n) is 11.6. The highest BCUT2D eigenvalue weighted by atomic mass is 16.5. The number of hydrogen-bond donors (Lipinski definition) is 1. The number of ether oxygens (including phenoxy) is 1. The summed E-state index contributed by atoms with van der Waals surface area (Å²) in [6, 6.07) is 8.79. The molecular weight excluding hydrogens is 480 g/mol. The van der Waals surface area contributed by atoms with Gasteiger partial charge in [-0.15, -0.1) is 0 Å². The zero-order valence-electron chi connectivity index (χ0n) is 23.5. The Morgan fingerprint density at radius 2 is 1.79 bits per heavy atom. The van der Waals surface area contributed by atoms with E-state index in [1.54, 1.807) is 4.68 Å². The molecule has 4 heterocycles. The highest BCUT2D eigenvalue weighted by molar-refractivity contribution is 5.79. The van der Waals surface area contributed by atoms with Crippen LogP contribution in [0.1, 0.15) is 32.0 Å². The molecule has 0 radical (unpaired) electrons. The third kappa shape index (κ3) is 5.87. The number of aromatic amines is 1. The SMILES string of the molecule is CN1CCN(c2cccc(CN(CCN3CCOCC3)c3nc4c(C(C)(C)C)nn(C)c4c(=O)[nH]3)c2)CC1. The molecule has 206 valence electrons. The van der Waals surface area contributed by atoms with Gasteiger partial charge in [0.1, 0.15) is 5.52 Å². The van der Waals surface area contributed by atoms with Crippen molar-refractivity contribution in [3.05, 3.63) is 45.9 Å². The number of aryl methyl sites for hydroxylation is 1. The summed E-state index contributed by atoms with van der Waals surface area (Å²) >= 11 is 0. The molecule has 38 heavy (non-hydrogen) atoms. The molecule has 1 aromatic carbocycles. The first-order valence-corrected chi connectivity index (χ1v) is 13.7. The van der Waals surface area contributed by atoms with E-state index in [-0.39, 0.29) is 11.0 Å². The summed E-state index contributed by atoms with van der Waals surface area (Å²) in [5.41, 5.74) is 4.11. The summed E-state index contributed by atoms with van der Waals surface area (Å²) in [6.45, 7) is 16.2. The number of likely N-dealkylation sites (N-methyl/N-ethyl adjacent to an activating group) is 1. The van der Waals surface area contributed by atoms with E-state index in [1.165, 1.54) is 11.3 Å². The summed E-state index contributed by atoms with van der Waals surface area (Å²) < 4.78 is 7.20. The van der Waals surface area contributed by atoms with Crippen molar-refractivity contribution in [3.63, 3.8) is 0 Å². The van der Waals surface area contributed by atoms with Crippen LogP contribution in [0.3, 0.4) is 0 Å². The molecule has 10 heteroatoms. The van der Waals surface area contributed by atoms with Gasteiger partial charge in [-0.3, -0.25) is 19.4 Å². The number of anilines is 2. The molecule has 2 aliphatic heterocycles. The minimum absolute atomic E-state index is 0.155. The van der Waals surface area contributed by atoms with Gasteiger partial charge in [0.25, 0.3) is 5.56 Å². The van der Waals surface area contributed by atoms with E-state index in [0.29, 0.717) is 23.5 Å². The predicted molar refractivity (Wildman–Crippen MR) is 152 cm³/mol. The van der Waals surface area contributed by atoms with Crippen LogP contribution in [0.5, 0.6) is 0 Å². The Hall–Kier alpha value is -2.95. The lowest BCUT2D eigenvalue weighted by Crippen LogP contribution is -2.44. The summed E-state index contributed by atoms with van der Waals surface area (Å²) in [4.78, 5) is 30.9. The van der Waals surface area contributed by atoms with E-state index in [0.717, 1.165) is 71.3 Å². The second kappa shape index (κ2) is 11.0. The van der Waals surface area contributed by atoms with Crippen molar-refractivity contribution in [2.75, 3.05) is 82.4 Å². The topological polar surface area (TPSA) is 85.8 Å². The first-order valence-electron chi connectivity index (χ1n) is 13.7. The standard InChI is InChI=1S/C28H42N8O2/c1-28(2,3)25-23-24(33(5)31-25)26(37)30-27(29-23)36(14-11-34-15-17-38-18-16-34)20-21-7-6-8-22(19-21)35-12-9-32(4)10-13-35/h6-8,19H,9-18,20H2,1-5H3,(H,29,30,37). The summed E-state index contributed by atoms with van der Waals surface area (Å²) in [5, 5.41) is 4.68. The highest BCUT2D eigenvalue weighted by Crippen LogP contribution is 2.28. The summed E-state index contributed by atoms with van der Waals surface area (Å²) in [6.07, 6.45) is 0. The maximum absolute atomic E-state index is 13.3. The molecule has 10 nitrogen and oxygen atoms in total. The number of rotatable bonds is 7. The van der Waals surface area contributed by atoms with Gasteiger partial charge in [0.15, 0.2) is 5.52 Å². The molecule has 2 aromatic heterocycles. The molecule has 0 unspecified atom stereocenters. The lowest BCUT2D eigenvalue weighted by atomic mass is 9.91. The molecule has 0 spiro atoms. The molecule has 3 aromatic rings. The third-order valence-corrected chi connectivity index (χ3v) is 7.63. The number of fused-ring (bicyclic) bond motifs is 1. The average molecular weight is 523 g/mol. The van der Waals surface area contributed by atoms with Crippen LogP contribution in [0.25, 0.3) is 11.0 Å². The Morgan fingerprint density at radius 1 is 1.05 bits per heavy atom. The van der Waals surface area contributed by atoms with Crippen molar-refractivity contribution < 1.29 is 4.74 Å². The first kappa shape index (κ1) is 26.6. The average Bonchev–Trinajstić information content (AvgIpc) is 3.25. The van der Waals surface area contributed by atoms with Crippen molar-refractivity contribution in [1.29, 1.82) is 0 Å². The Morgan fingerprint density at radius 3 is 2.50 bits per heavy atom. The van der Waals surface area contributed by atoms with Gasteiger partial charge in [-0.05, 0) is 24.7 Å². The number of morpholine rings is 1. The van der Waals surface area contributed by atoms with Crippen LogP contribution in [-0.2, 0) is 23.7 Å². The molecular formula is C28H42N8O2. The molecule has 2 aliphatic rings. The van der Waals surface area contributed by atoms with Crippen LogP contribution < -0.4 is 15.4 Å². The van der Waals surface area contributed by atoms with E-state index in [2.05, 4.69) is 81.8 Å². The Labute approximate surface area is 225 Å². The number of H-pyrrole nitrogens is 1. The fraction of sp³-hybridized carbons (Fsp3) is 0.607. The normalized spacial score (nSPS) is 17.9. The number of benzene rings is 1. The summed E-state index contributed by atoms with van der Waals surface area (Å²) in [5.74, 6) is 0.597. The van der Waals surface area contributed by atoms with Gasteiger partial charge in [-0.1, -0.05) is 32.9 Å². The van der Waals surface area contributed by atoms with Gasteiger partial charge in [0.2, 0.25) is 5.95 Å². The van der Waals surface area contributed by atoms with Gasteiger partial charge >= 0.3 is 0 Å². The lowest BCUT2D eigenvalue weighted by molar-refractivity contribution is 0.0391. The van der Waals surface area contributed by atoms with Gasteiger partial charge in [-0.25, -0.2) is 4.98 Å². The minimum atomic E-state index is -0.229. The van der Waals surface area contributed by atoms with Gasteiger partial charge in [0, 0.05) is 77.1 Å². The van der Waals surface area contributed by atoms with Crippen LogP contribution >= 0.6 is 0 Å². The smallest absolute Gasteiger partial charge is 0.278 e. The largest absolute Gasteiger partial charge is 0.379 e. The zero-order valence-corrected chi connectivity index (χ0v) is 23.5. The second-order valence-corrected chi connectivity index (χ2v) is 11.6. The van der Waals surface area contributed by atoms with Crippen molar-refractivity contribution in [3.8, 4) is 0 Å². The van der Waals surface area contributed by atoms with E-state index in [1.807, 2.05) is 7.05 Å². The van der Waals surface area contributed by atoms with E-state index < -0.39 is 0 Å². The third-order valence-electron chi connectivity index (χ3n) is 7.63. The fourth-order valence-electron chi connectivity index (χ4n) is 5.31. The molecule has 5 rings (SSSR count). The predicted octanol–water partition coefficient (Wildman–Crippen LogP) is 2.04. The minimum Gasteiger partial charge on any atom is -0.379 e. The number of nitrogens with one attached hydrogen (secondary N) is 1. The molecule has 0 amide bonds. The lowest BCUT2D eigenvalue weighted by Gasteiger charge is -2.34. The quantitative estimate of drug-likeness (QED) is 0.505.